The number of pyridine rings is 1. The van der Waals surface area contributed by atoms with Crippen LogP contribution < -0.4 is 14.8 Å². The molecule has 1 saturated carbocycles. The number of nitrogens with zero attached hydrogens (tertiary/aromatic N) is 3. The monoisotopic (exact) mass is 479 g/mol. The summed E-state index contributed by atoms with van der Waals surface area (Å²) in [5.41, 5.74) is 3.89. The van der Waals surface area contributed by atoms with Gasteiger partial charge >= 0.3 is 0 Å². The molecule has 1 aromatic carbocycles. The Morgan fingerprint density at radius 2 is 1.86 bits per heavy atom. The lowest BCUT2D eigenvalue weighted by molar-refractivity contribution is -0.0651. The van der Waals surface area contributed by atoms with Crippen molar-refractivity contribution in [3.8, 4) is 11.6 Å². The summed E-state index contributed by atoms with van der Waals surface area (Å²) in [5, 5.41) is 3.53. The molecule has 1 aliphatic carbocycles. The van der Waals surface area contributed by atoms with Crippen LogP contribution in [0.5, 0.6) is 11.6 Å². The number of rotatable bonds is 7. The molecule has 2 aliphatic heterocycles. The van der Waals surface area contributed by atoms with E-state index in [2.05, 4.69) is 53.2 Å². The lowest BCUT2D eigenvalue weighted by Gasteiger charge is -2.57. The number of hydrogen-bond donors (Lipinski definition) is 1. The average molecular weight is 480 g/mol. The third-order valence-electron chi connectivity index (χ3n) is 8.40. The molecule has 6 heteroatoms. The van der Waals surface area contributed by atoms with Gasteiger partial charge in [0.1, 0.15) is 0 Å². The van der Waals surface area contributed by atoms with Crippen LogP contribution in [0.3, 0.4) is 0 Å². The Morgan fingerprint density at radius 3 is 2.57 bits per heavy atom. The van der Waals surface area contributed by atoms with Crippen LogP contribution in [0.1, 0.15) is 69.7 Å². The molecule has 1 N–H and O–H groups in total. The van der Waals surface area contributed by atoms with Crippen LogP contribution in [0, 0.1) is 5.41 Å². The van der Waals surface area contributed by atoms with Crippen molar-refractivity contribution >= 4 is 0 Å². The largest absolute Gasteiger partial charge is 0.491 e. The van der Waals surface area contributed by atoms with E-state index in [1.165, 1.54) is 31.2 Å². The molecule has 1 atom stereocenters. The summed E-state index contributed by atoms with van der Waals surface area (Å²) in [6.07, 6.45) is 5.02. The standard InChI is InChI=1S/C29H42N4O2/c1-21(2)24-7-5-6-8-25(24)26-20-32(19-22-9-10-27(34-3)28(31-22)35-4)15-16-33(26)23-17-29(18-23)11-13-30-14-12-29/h5-10,21,23,26,30H,11-20H2,1-4H3/i26D. The molecule has 3 fully saturated rings. The first-order valence-corrected chi connectivity index (χ1v) is 13.2. The molecule has 2 saturated heterocycles. The molecular weight excluding hydrogens is 436 g/mol. The quantitative estimate of drug-likeness (QED) is 0.626. The SMILES string of the molecule is [2H]C1(c2ccccc2C(C)C)CN(Cc2ccc(OC)c(OC)n2)CCN1C1CC2(CCNCC2)C1. The Morgan fingerprint density at radius 1 is 1.09 bits per heavy atom. The van der Waals surface area contributed by atoms with Gasteiger partial charge in [-0.05, 0) is 73.4 Å². The van der Waals surface area contributed by atoms with Crippen LogP contribution in [0.2, 0.25) is 0 Å². The molecule has 190 valence electrons. The Balaban J connectivity index is 1.41. The van der Waals surface area contributed by atoms with Gasteiger partial charge in [-0.15, -0.1) is 0 Å². The van der Waals surface area contributed by atoms with Gasteiger partial charge in [0.25, 0.3) is 5.88 Å². The number of methoxy groups -OCH3 is 2. The van der Waals surface area contributed by atoms with E-state index in [4.69, 9.17) is 14.5 Å². The molecule has 1 unspecified atom stereocenters. The minimum Gasteiger partial charge on any atom is -0.491 e. The van der Waals surface area contributed by atoms with Crippen molar-refractivity contribution in [1.29, 1.82) is 0 Å². The first kappa shape index (κ1) is 23.3. The molecule has 5 rings (SSSR count). The van der Waals surface area contributed by atoms with Gasteiger partial charge in [0.15, 0.2) is 5.75 Å². The smallest absolute Gasteiger partial charge is 0.257 e. The Hall–Kier alpha value is -2.15. The van der Waals surface area contributed by atoms with Gasteiger partial charge in [-0.1, -0.05) is 38.1 Å². The zero-order valence-electron chi connectivity index (χ0n) is 22.8. The van der Waals surface area contributed by atoms with Gasteiger partial charge in [-0.25, -0.2) is 4.98 Å². The van der Waals surface area contributed by atoms with Gasteiger partial charge in [-0.3, -0.25) is 9.80 Å². The maximum Gasteiger partial charge on any atom is 0.257 e. The maximum atomic E-state index is 10.1. The van der Waals surface area contributed by atoms with Crippen molar-refractivity contribution in [2.75, 3.05) is 46.9 Å². The second kappa shape index (κ2) is 10.5. The van der Waals surface area contributed by atoms with Gasteiger partial charge in [-0.2, -0.15) is 0 Å². The topological polar surface area (TPSA) is 49.9 Å². The van der Waals surface area contributed by atoms with E-state index in [1.807, 2.05) is 12.1 Å². The summed E-state index contributed by atoms with van der Waals surface area (Å²) in [5.74, 6) is 1.53. The van der Waals surface area contributed by atoms with Crippen molar-refractivity contribution in [2.45, 2.75) is 64.1 Å². The first-order valence-electron chi connectivity index (χ1n) is 13.7. The molecule has 1 aromatic heterocycles. The molecule has 35 heavy (non-hydrogen) atoms. The highest BCUT2D eigenvalue weighted by molar-refractivity contribution is 5.35. The van der Waals surface area contributed by atoms with Crippen LogP contribution in [0.4, 0.5) is 0 Å². The zero-order chi connectivity index (χ0) is 25.3. The van der Waals surface area contributed by atoms with Gasteiger partial charge in [0, 0.05) is 38.2 Å². The van der Waals surface area contributed by atoms with E-state index in [9.17, 15) is 1.37 Å². The number of nitrogens with one attached hydrogen (secondary N) is 1. The number of piperidine rings is 1. The number of ether oxygens (including phenoxy) is 2. The fourth-order valence-corrected chi connectivity index (χ4v) is 6.42. The van der Waals surface area contributed by atoms with Crippen molar-refractivity contribution < 1.29 is 10.8 Å². The summed E-state index contributed by atoms with van der Waals surface area (Å²) in [6.45, 7) is 9.97. The highest BCUT2D eigenvalue weighted by Gasteiger charge is 2.49. The summed E-state index contributed by atoms with van der Waals surface area (Å²) >= 11 is 0. The highest BCUT2D eigenvalue weighted by atomic mass is 16.5. The number of piperazine rings is 1. The van der Waals surface area contributed by atoms with Gasteiger partial charge < -0.3 is 14.8 Å². The second-order valence-electron chi connectivity index (χ2n) is 10.9. The number of benzene rings is 1. The Kier molecular flexibility index (Phi) is 6.95. The highest BCUT2D eigenvalue weighted by Crippen LogP contribution is 2.52. The third kappa shape index (κ3) is 5.07. The fourth-order valence-electron chi connectivity index (χ4n) is 6.42. The molecule has 0 amide bonds. The van der Waals surface area contributed by atoms with Crippen LogP contribution >= 0.6 is 0 Å². The van der Waals surface area contributed by atoms with E-state index >= 15 is 0 Å². The minimum absolute atomic E-state index is 0.380. The lowest BCUT2D eigenvalue weighted by atomic mass is 9.60. The third-order valence-corrected chi connectivity index (χ3v) is 8.40. The predicted molar refractivity (Wildman–Crippen MR) is 140 cm³/mol. The molecule has 1 spiro atoms. The van der Waals surface area contributed by atoms with Gasteiger partial charge in [0.05, 0.1) is 21.3 Å². The van der Waals surface area contributed by atoms with Crippen molar-refractivity contribution in [3.63, 3.8) is 0 Å². The van der Waals surface area contributed by atoms with E-state index < -0.39 is 6.02 Å². The van der Waals surface area contributed by atoms with Crippen LogP contribution in [-0.4, -0.2) is 67.8 Å². The maximum absolute atomic E-state index is 10.1. The molecule has 3 aliphatic rings. The van der Waals surface area contributed by atoms with Crippen LogP contribution in [-0.2, 0) is 6.54 Å². The lowest BCUT2D eigenvalue weighted by Crippen LogP contribution is -2.59. The van der Waals surface area contributed by atoms with E-state index in [1.54, 1.807) is 14.2 Å². The van der Waals surface area contributed by atoms with Gasteiger partial charge in [0.2, 0.25) is 0 Å². The molecule has 0 bridgehead atoms. The molecule has 0 radical (unpaired) electrons. The summed E-state index contributed by atoms with van der Waals surface area (Å²) in [6, 6.07) is 12.3. The zero-order valence-corrected chi connectivity index (χ0v) is 21.8. The Labute approximate surface area is 212 Å². The van der Waals surface area contributed by atoms with Crippen molar-refractivity contribution in [1.82, 2.24) is 20.1 Å². The van der Waals surface area contributed by atoms with Crippen LogP contribution in [0.15, 0.2) is 36.4 Å². The van der Waals surface area contributed by atoms with E-state index in [0.717, 1.165) is 37.4 Å². The Bertz CT molecular complexity index is 1050. The number of hydrogen-bond acceptors (Lipinski definition) is 6. The summed E-state index contributed by atoms with van der Waals surface area (Å²) in [4.78, 5) is 9.63. The molecule has 3 heterocycles. The normalized spacial score (nSPS) is 25.9. The second-order valence-corrected chi connectivity index (χ2v) is 10.9. The summed E-state index contributed by atoms with van der Waals surface area (Å²) in [7, 11) is 3.26. The fraction of sp³-hybridized carbons (Fsp3) is 0.621. The molecule has 6 nitrogen and oxygen atoms in total. The van der Waals surface area contributed by atoms with E-state index in [-0.39, 0.29) is 0 Å². The van der Waals surface area contributed by atoms with Crippen molar-refractivity contribution in [2.24, 2.45) is 5.41 Å². The predicted octanol–water partition coefficient (Wildman–Crippen LogP) is 4.61. The first-order chi connectivity index (χ1) is 17.4. The number of aromatic nitrogens is 1. The van der Waals surface area contributed by atoms with E-state index in [0.29, 0.717) is 42.1 Å². The average Bonchev–Trinajstić information content (AvgIpc) is 2.88. The summed E-state index contributed by atoms with van der Waals surface area (Å²) < 4.78 is 20.9. The van der Waals surface area contributed by atoms with Crippen molar-refractivity contribution in [3.05, 3.63) is 53.2 Å². The molecular formula is C29H42N4O2. The van der Waals surface area contributed by atoms with Crippen LogP contribution in [0.25, 0.3) is 0 Å². The molecule has 2 aromatic rings. The minimum atomic E-state index is -0.783.